The average Bonchev–Trinajstić information content (AvgIpc) is 2.46. The third kappa shape index (κ3) is 3.62. The lowest BCUT2D eigenvalue weighted by Gasteiger charge is -2.32. The van der Waals surface area contributed by atoms with Crippen LogP contribution in [0.4, 0.5) is 11.4 Å². The number of piperidine rings is 1. The van der Waals surface area contributed by atoms with Gasteiger partial charge in [0.1, 0.15) is 0 Å². The highest BCUT2D eigenvalue weighted by atomic mass is 15.2. The highest BCUT2D eigenvalue weighted by Gasteiger charge is 2.16. The molecule has 0 amide bonds. The van der Waals surface area contributed by atoms with Crippen LogP contribution < -0.4 is 11.1 Å². The molecule has 1 aliphatic rings. The van der Waals surface area contributed by atoms with Crippen molar-refractivity contribution in [3.63, 3.8) is 0 Å². The molecule has 1 unspecified atom stereocenters. The molecule has 0 spiro atoms. The van der Waals surface area contributed by atoms with Crippen LogP contribution in [0, 0.1) is 11.3 Å². The van der Waals surface area contributed by atoms with Crippen molar-refractivity contribution >= 4 is 11.4 Å². The van der Waals surface area contributed by atoms with Gasteiger partial charge < -0.3 is 11.1 Å². The lowest BCUT2D eigenvalue weighted by molar-refractivity contribution is 0.180. The summed E-state index contributed by atoms with van der Waals surface area (Å²) in [6.45, 7) is 5.53. The van der Waals surface area contributed by atoms with E-state index < -0.39 is 0 Å². The van der Waals surface area contributed by atoms with E-state index in [0.717, 1.165) is 12.2 Å². The van der Waals surface area contributed by atoms with Crippen LogP contribution in [0.1, 0.15) is 31.7 Å². The van der Waals surface area contributed by atoms with Gasteiger partial charge >= 0.3 is 0 Å². The largest absolute Gasteiger partial charge is 0.397 e. The number of nitrogen functional groups attached to an aromatic ring is 1. The molecule has 0 bridgehead atoms. The van der Waals surface area contributed by atoms with Gasteiger partial charge in [0.2, 0.25) is 0 Å². The third-order valence-electron chi connectivity index (χ3n) is 3.78. The van der Waals surface area contributed by atoms with Gasteiger partial charge in [-0.25, -0.2) is 0 Å². The van der Waals surface area contributed by atoms with Gasteiger partial charge in [-0.3, -0.25) is 4.90 Å². The maximum Gasteiger partial charge on any atom is 0.0992 e. The number of rotatable bonds is 4. The van der Waals surface area contributed by atoms with E-state index in [1.807, 2.05) is 6.07 Å². The quantitative estimate of drug-likeness (QED) is 0.814. The second kappa shape index (κ2) is 6.44. The Bertz CT molecular complexity index is 458. The van der Waals surface area contributed by atoms with Crippen LogP contribution in [-0.4, -0.2) is 30.6 Å². The smallest absolute Gasteiger partial charge is 0.0992 e. The van der Waals surface area contributed by atoms with Gasteiger partial charge in [0, 0.05) is 12.6 Å². The van der Waals surface area contributed by atoms with Gasteiger partial charge in [-0.2, -0.15) is 5.26 Å². The molecule has 0 saturated carbocycles. The number of nitrogens with two attached hydrogens (primary N) is 1. The zero-order chi connectivity index (χ0) is 13.7. The second-order valence-electron chi connectivity index (χ2n) is 5.24. The lowest BCUT2D eigenvalue weighted by atomic mass is 10.1. The van der Waals surface area contributed by atoms with Crippen molar-refractivity contribution in [3.8, 4) is 6.07 Å². The number of likely N-dealkylation sites (tertiary alicyclic amines) is 1. The molecule has 1 aliphatic heterocycles. The van der Waals surface area contributed by atoms with E-state index in [9.17, 15) is 0 Å². The summed E-state index contributed by atoms with van der Waals surface area (Å²) in [5, 5.41) is 12.2. The van der Waals surface area contributed by atoms with Gasteiger partial charge in [-0.05, 0) is 51.1 Å². The van der Waals surface area contributed by atoms with Crippen molar-refractivity contribution in [2.24, 2.45) is 0 Å². The molecule has 0 aliphatic carbocycles. The SMILES string of the molecule is CC(CNc1ccc(C#N)cc1N)N1CCCCC1. The molecule has 4 nitrogen and oxygen atoms in total. The summed E-state index contributed by atoms with van der Waals surface area (Å²) in [7, 11) is 0. The van der Waals surface area contributed by atoms with Gasteiger partial charge in [0.05, 0.1) is 23.0 Å². The van der Waals surface area contributed by atoms with E-state index in [2.05, 4.69) is 23.2 Å². The molecule has 1 saturated heterocycles. The third-order valence-corrected chi connectivity index (χ3v) is 3.78. The van der Waals surface area contributed by atoms with E-state index in [4.69, 9.17) is 11.0 Å². The fourth-order valence-electron chi connectivity index (χ4n) is 2.54. The van der Waals surface area contributed by atoms with E-state index in [1.165, 1.54) is 32.4 Å². The van der Waals surface area contributed by atoms with E-state index in [-0.39, 0.29) is 0 Å². The summed E-state index contributed by atoms with van der Waals surface area (Å²) in [4.78, 5) is 2.52. The number of benzene rings is 1. The van der Waals surface area contributed by atoms with Crippen LogP contribution in [0.25, 0.3) is 0 Å². The van der Waals surface area contributed by atoms with Gasteiger partial charge in [0.15, 0.2) is 0 Å². The average molecular weight is 258 g/mol. The van der Waals surface area contributed by atoms with E-state index in [1.54, 1.807) is 12.1 Å². The summed E-state index contributed by atoms with van der Waals surface area (Å²) < 4.78 is 0. The molecule has 1 fully saturated rings. The Hall–Kier alpha value is -1.73. The van der Waals surface area contributed by atoms with Crippen LogP contribution in [-0.2, 0) is 0 Å². The van der Waals surface area contributed by atoms with Gasteiger partial charge in [-0.1, -0.05) is 6.42 Å². The summed E-state index contributed by atoms with van der Waals surface area (Å²) in [6, 6.07) is 8.00. The second-order valence-corrected chi connectivity index (χ2v) is 5.24. The molecule has 1 aromatic carbocycles. The monoisotopic (exact) mass is 258 g/mol. The molecular weight excluding hydrogens is 236 g/mol. The summed E-state index contributed by atoms with van der Waals surface area (Å²) >= 11 is 0. The maximum atomic E-state index is 8.81. The lowest BCUT2D eigenvalue weighted by Crippen LogP contribution is -2.41. The van der Waals surface area contributed by atoms with Crippen molar-refractivity contribution in [3.05, 3.63) is 23.8 Å². The van der Waals surface area contributed by atoms with Crippen LogP contribution >= 0.6 is 0 Å². The van der Waals surface area contributed by atoms with Crippen molar-refractivity contribution in [2.45, 2.75) is 32.2 Å². The molecule has 3 N–H and O–H groups in total. The molecule has 1 aromatic rings. The molecule has 102 valence electrons. The fraction of sp³-hybridized carbons (Fsp3) is 0.533. The normalized spacial score (nSPS) is 17.7. The van der Waals surface area contributed by atoms with Gasteiger partial charge in [0.25, 0.3) is 0 Å². The van der Waals surface area contributed by atoms with E-state index in [0.29, 0.717) is 17.3 Å². The number of nitriles is 1. The predicted molar refractivity (Wildman–Crippen MR) is 78.9 cm³/mol. The highest BCUT2D eigenvalue weighted by molar-refractivity contribution is 5.68. The minimum Gasteiger partial charge on any atom is -0.397 e. The molecule has 0 radical (unpaired) electrons. The van der Waals surface area contributed by atoms with Crippen LogP contribution in [0.3, 0.4) is 0 Å². The van der Waals surface area contributed by atoms with Crippen LogP contribution in [0.15, 0.2) is 18.2 Å². The molecular formula is C15H22N4. The van der Waals surface area contributed by atoms with Crippen LogP contribution in [0.5, 0.6) is 0 Å². The first-order chi connectivity index (χ1) is 9.20. The molecule has 1 heterocycles. The number of hydrogen-bond donors (Lipinski definition) is 2. The first-order valence-corrected chi connectivity index (χ1v) is 6.98. The van der Waals surface area contributed by atoms with Crippen molar-refractivity contribution in [2.75, 3.05) is 30.7 Å². The molecule has 19 heavy (non-hydrogen) atoms. The van der Waals surface area contributed by atoms with Crippen molar-refractivity contribution in [1.29, 1.82) is 5.26 Å². The highest BCUT2D eigenvalue weighted by Crippen LogP contribution is 2.20. The maximum absolute atomic E-state index is 8.81. The molecule has 0 aromatic heterocycles. The number of hydrogen-bond acceptors (Lipinski definition) is 4. The molecule has 2 rings (SSSR count). The minimum absolute atomic E-state index is 0.510. The summed E-state index contributed by atoms with van der Waals surface area (Å²) in [5.41, 5.74) is 8.10. The zero-order valence-corrected chi connectivity index (χ0v) is 11.5. The summed E-state index contributed by atoms with van der Waals surface area (Å²) in [6.07, 6.45) is 3.98. The summed E-state index contributed by atoms with van der Waals surface area (Å²) in [5.74, 6) is 0. The number of nitrogens with zero attached hydrogens (tertiary/aromatic N) is 2. The Morgan fingerprint density at radius 3 is 2.74 bits per heavy atom. The Balaban J connectivity index is 1.89. The standard InChI is InChI=1S/C15H22N4/c1-12(19-7-3-2-4-8-19)11-18-15-6-5-13(10-16)9-14(15)17/h5-6,9,12,18H,2-4,7-8,11,17H2,1H3. The Morgan fingerprint density at radius 1 is 1.37 bits per heavy atom. The van der Waals surface area contributed by atoms with Gasteiger partial charge in [-0.15, -0.1) is 0 Å². The topological polar surface area (TPSA) is 65.1 Å². The Labute approximate surface area is 115 Å². The molecule has 1 atom stereocenters. The molecule has 4 heteroatoms. The Morgan fingerprint density at radius 2 is 2.11 bits per heavy atom. The first kappa shape index (κ1) is 13.7. The first-order valence-electron chi connectivity index (χ1n) is 6.98. The van der Waals surface area contributed by atoms with E-state index >= 15 is 0 Å². The van der Waals surface area contributed by atoms with Crippen molar-refractivity contribution < 1.29 is 0 Å². The number of anilines is 2. The van der Waals surface area contributed by atoms with Crippen molar-refractivity contribution in [1.82, 2.24) is 4.90 Å². The number of nitrogens with one attached hydrogen (secondary N) is 1. The minimum atomic E-state index is 0.510. The van der Waals surface area contributed by atoms with Crippen LogP contribution in [0.2, 0.25) is 0 Å². The predicted octanol–water partition coefficient (Wildman–Crippen LogP) is 2.43. The fourth-order valence-corrected chi connectivity index (χ4v) is 2.54. The zero-order valence-electron chi connectivity index (χ0n) is 11.5. The Kier molecular flexibility index (Phi) is 4.64.